The molecule has 0 bridgehead atoms. The SMILES string of the molecule is O=C1C=Cc2cc(S(=O)(=O)O)cc(S(=O)(=O)O)c2C1=NNc1ccc(C(=O)Nc2ccc(N=Nc3ccc4cc(S(=O)(=O)O)cc(S(=O)(=O)O)c4c3)cc2)cc1. The molecule has 5 aromatic carbocycles. The first-order valence-corrected chi connectivity index (χ1v) is 21.0. The maximum atomic E-state index is 12.9. The van der Waals surface area contributed by atoms with Gasteiger partial charge in [-0.2, -0.15) is 49.0 Å². The first-order valence-electron chi connectivity index (χ1n) is 15.2. The monoisotopic (exact) mass is 841 g/mol. The van der Waals surface area contributed by atoms with Gasteiger partial charge in [-0.1, -0.05) is 12.1 Å². The van der Waals surface area contributed by atoms with Gasteiger partial charge in [0.05, 0.1) is 26.9 Å². The Morgan fingerprint density at radius 2 is 1.12 bits per heavy atom. The van der Waals surface area contributed by atoms with Crippen molar-refractivity contribution in [1.82, 2.24) is 0 Å². The van der Waals surface area contributed by atoms with Gasteiger partial charge in [-0.05, 0) is 102 Å². The lowest BCUT2D eigenvalue weighted by Crippen LogP contribution is -2.23. The Morgan fingerprint density at radius 1 is 0.571 bits per heavy atom. The lowest BCUT2D eigenvalue weighted by Gasteiger charge is -2.17. The van der Waals surface area contributed by atoms with Crippen LogP contribution in [0, 0.1) is 0 Å². The summed E-state index contributed by atoms with van der Waals surface area (Å²) in [6.45, 7) is 0. The number of carbonyl (C=O) groups is 2. The Balaban J connectivity index is 1.15. The minimum absolute atomic E-state index is 0.0736. The summed E-state index contributed by atoms with van der Waals surface area (Å²) in [7, 11) is -19.7. The summed E-state index contributed by atoms with van der Waals surface area (Å²) in [5.41, 5.74) is 2.72. The van der Waals surface area contributed by atoms with Crippen LogP contribution in [-0.4, -0.2) is 69.3 Å². The molecule has 1 aliphatic carbocycles. The number of amides is 1. The highest BCUT2D eigenvalue weighted by atomic mass is 32.2. The zero-order valence-corrected chi connectivity index (χ0v) is 30.9. The molecule has 0 atom stereocenters. The Labute approximate surface area is 317 Å². The smallest absolute Gasteiger partial charge is 0.295 e. The largest absolute Gasteiger partial charge is 0.322 e. The Hall–Kier alpha value is -6.05. The molecular formula is C33H23N5O14S4. The first kappa shape index (κ1) is 39.6. The van der Waals surface area contributed by atoms with Crippen molar-refractivity contribution >= 4 is 97.5 Å². The highest BCUT2D eigenvalue weighted by Crippen LogP contribution is 2.32. The summed E-state index contributed by atoms with van der Waals surface area (Å²) < 4.78 is 133. The summed E-state index contributed by atoms with van der Waals surface area (Å²) in [5.74, 6) is -1.32. The van der Waals surface area contributed by atoms with Crippen molar-refractivity contribution in [2.45, 2.75) is 19.6 Å². The molecule has 0 saturated carbocycles. The first-order chi connectivity index (χ1) is 26.1. The molecule has 23 heteroatoms. The predicted octanol–water partition coefficient (Wildman–Crippen LogP) is 4.91. The van der Waals surface area contributed by atoms with Gasteiger partial charge in [0.15, 0.2) is 0 Å². The van der Waals surface area contributed by atoms with E-state index in [0.29, 0.717) is 23.5 Å². The number of carbonyl (C=O) groups excluding carboxylic acids is 2. The number of benzene rings is 5. The Kier molecular flexibility index (Phi) is 10.3. The second-order valence-electron chi connectivity index (χ2n) is 11.7. The van der Waals surface area contributed by atoms with Crippen LogP contribution < -0.4 is 10.7 Å². The van der Waals surface area contributed by atoms with Crippen LogP contribution in [0.15, 0.2) is 132 Å². The van der Waals surface area contributed by atoms with Gasteiger partial charge >= 0.3 is 0 Å². The molecular weight excluding hydrogens is 819 g/mol. The molecule has 1 amide bonds. The molecule has 0 aromatic heterocycles. The van der Waals surface area contributed by atoms with Crippen molar-refractivity contribution in [2.75, 3.05) is 10.7 Å². The van der Waals surface area contributed by atoms with E-state index < -0.39 is 83.0 Å². The molecule has 0 radical (unpaired) electrons. The molecule has 1 aliphatic rings. The summed E-state index contributed by atoms with van der Waals surface area (Å²) in [6, 6.07) is 18.7. The average molecular weight is 842 g/mol. The lowest BCUT2D eigenvalue weighted by atomic mass is 9.94. The van der Waals surface area contributed by atoms with Gasteiger partial charge < -0.3 is 5.32 Å². The third kappa shape index (κ3) is 8.74. The van der Waals surface area contributed by atoms with E-state index >= 15 is 0 Å². The molecule has 5 aromatic rings. The summed E-state index contributed by atoms with van der Waals surface area (Å²) >= 11 is 0. The number of anilines is 2. The summed E-state index contributed by atoms with van der Waals surface area (Å²) in [4.78, 5) is 22.3. The lowest BCUT2D eigenvalue weighted by molar-refractivity contribution is -0.108. The number of nitrogens with one attached hydrogen (secondary N) is 2. The van der Waals surface area contributed by atoms with Crippen LogP contribution in [-0.2, 0) is 45.3 Å². The molecule has 0 unspecified atom stereocenters. The molecule has 0 saturated heterocycles. The topological polar surface area (TPSA) is 313 Å². The fourth-order valence-electron chi connectivity index (χ4n) is 5.28. The van der Waals surface area contributed by atoms with Crippen molar-refractivity contribution in [2.24, 2.45) is 15.3 Å². The zero-order chi connectivity index (χ0) is 40.8. The van der Waals surface area contributed by atoms with Crippen LogP contribution in [0.5, 0.6) is 0 Å². The van der Waals surface area contributed by atoms with Crippen molar-refractivity contribution < 1.29 is 61.5 Å². The average Bonchev–Trinajstić information content (AvgIpc) is 3.11. The molecule has 0 fully saturated rings. The number of nitrogens with zero attached hydrogens (tertiary/aromatic N) is 3. The number of hydrazone groups is 1. The van der Waals surface area contributed by atoms with Gasteiger partial charge in [-0.3, -0.25) is 33.2 Å². The van der Waals surface area contributed by atoms with Crippen molar-refractivity contribution in [3.8, 4) is 0 Å². The highest BCUT2D eigenvalue weighted by molar-refractivity contribution is 7.87. The van der Waals surface area contributed by atoms with E-state index in [1.165, 1.54) is 66.7 Å². The molecule has 0 aliphatic heterocycles. The van der Waals surface area contributed by atoms with E-state index in [-0.39, 0.29) is 33.3 Å². The van der Waals surface area contributed by atoms with E-state index in [9.17, 15) is 61.5 Å². The second kappa shape index (κ2) is 14.5. The number of fused-ring (bicyclic) bond motifs is 2. The maximum absolute atomic E-state index is 12.9. The van der Waals surface area contributed by atoms with Gasteiger partial charge in [0.2, 0.25) is 5.78 Å². The standard InChI is InChI=1S/C33H23N5O14S4/c39-28-12-4-20-14-26(54(44,45)46)17-30(56(50,51)52)31(20)32(28)38-36-22-5-1-18(2-6-22)33(40)34-21-8-10-23(11-9-21)35-37-24-7-3-19-13-25(53(41,42)43)16-29(27(19)15-24)55(47,48)49/h1-17,36H,(H,34,40)(H,41,42,43)(H,44,45,46)(H,47,48,49)(H,50,51,52). The van der Waals surface area contributed by atoms with E-state index in [2.05, 4.69) is 26.1 Å². The number of allylic oxidation sites excluding steroid dienone is 1. The zero-order valence-electron chi connectivity index (χ0n) is 27.7. The van der Waals surface area contributed by atoms with Gasteiger partial charge in [0.25, 0.3) is 46.4 Å². The van der Waals surface area contributed by atoms with Gasteiger partial charge in [-0.25, -0.2) is 0 Å². The third-order valence-corrected chi connectivity index (χ3v) is 11.3. The van der Waals surface area contributed by atoms with E-state index in [4.69, 9.17) is 0 Å². The van der Waals surface area contributed by atoms with Crippen LogP contribution in [0.3, 0.4) is 0 Å². The molecule has 6 N–H and O–H groups in total. The molecule has 288 valence electrons. The molecule has 0 spiro atoms. The van der Waals surface area contributed by atoms with Crippen molar-refractivity contribution in [3.05, 3.63) is 114 Å². The fraction of sp³-hybridized carbons (Fsp3) is 0. The number of rotatable bonds is 10. The van der Waals surface area contributed by atoms with Gasteiger partial charge in [0.1, 0.15) is 15.5 Å². The number of azo groups is 1. The number of ketones is 1. The summed E-state index contributed by atoms with van der Waals surface area (Å²) in [5, 5.41) is 14.7. The molecule has 56 heavy (non-hydrogen) atoms. The predicted molar refractivity (Wildman–Crippen MR) is 199 cm³/mol. The van der Waals surface area contributed by atoms with Crippen LogP contribution >= 0.6 is 0 Å². The fourth-order valence-corrected chi connectivity index (χ4v) is 8.00. The van der Waals surface area contributed by atoms with Crippen LogP contribution in [0.1, 0.15) is 21.5 Å². The van der Waals surface area contributed by atoms with Crippen LogP contribution in [0.2, 0.25) is 0 Å². The number of hydrogen-bond acceptors (Lipinski definition) is 14. The Bertz CT molecular complexity index is 3040. The number of hydrogen-bond donors (Lipinski definition) is 6. The third-order valence-electron chi connectivity index (χ3n) is 7.87. The van der Waals surface area contributed by atoms with Crippen LogP contribution in [0.25, 0.3) is 16.8 Å². The van der Waals surface area contributed by atoms with E-state index in [1.807, 2.05) is 0 Å². The quantitative estimate of drug-likeness (QED) is 0.0618. The van der Waals surface area contributed by atoms with E-state index in [1.54, 1.807) is 0 Å². The van der Waals surface area contributed by atoms with Crippen LogP contribution in [0.4, 0.5) is 22.7 Å². The van der Waals surface area contributed by atoms with Gasteiger partial charge in [0, 0.05) is 22.2 Å². The maximum Gasteiger partial charge on any atom is 0.295 e. The molecule has 19 nitrogen and oxygen atoms in total. The van der Waals surface area contributed by atoms with Crippen molar-refractivity contribution in [3.63, 3.8) is 0 Å². The minimum Gasteiger partial charge on any atom is -0.322 e. The van der Waals surface area contributed by atoms with E-state index in [0.717, 1.165) is 24.3 Å². The second-order valence-corrected chi connectivity index (χ2v) is 17.3. The Morgan fingerprint density at radius 3 is 1.73 bits per heavy atom. The van der Waals surface area contributed by atoms with Gasteiger partial charge in [-0.15, -0.1) is 0 Å². The highest BCUT2D eigenvalue weighted by Gasteiger charge is 2.31. The molecule has 0 heterocycles. The van der Waals surface area contributed by atoms with Crippen molar-refractivity contribution in [1.29, 1.82) is 0 Å². The minimum atomic E-state index is -5.11. The summed E-state index contributed by atoms with van der Waals surface area (Å²) in [6.07, 6.45) is 2.08. The molecule has 6 rings (SSSR count). The normalized spacial score (nSPS) is 14.3.